The predicted molar refractivity (Wildman–Crippen MR) is 141 cm³/mol. The number of piperidine rings is 1. The van der Waals surface area contributed by atoms with Gasteiger partial charge >= 0.3 is 6.18 Å². The quantitative estimate of drug-likeness (QED) is 0.420. The summed E-state index contributed by atoms with van der Waals surface area (Å²) in [7, 11) is 4.08. The van der Waals surface area contributed by atoms with Crippen LogP contribution in [-0.2, 0) is 6.18 Å². The van der Waals surface area contributed by atoms with Crippen LogP contribution in [0, 0.1) is 13.8 Å². The fourth-order valence-electron chi connectivity index (χ4n) is 5.76. The van der Waals surface area contributed by atoms with Gasteiger partial charge in [0.2, 0.25) is 0 Å². The molecule has 2 aromatic rings. The lowest BCUT2D eigenvalue weighted by Crippen LogP contribution is -2.57. The van der Waals surface area contributed by atoms with Crippen molar-refractivity contribution in [3.63, 3.8) is 0 Å². The minimum absolute atomic E-state index is 0.0356. The van der Waals surface area contributed by atoms with Crippen molar-refractivity contribution in [3.05, 3.63) is 58.4 Å². The van der Waals surface area contributed by atoms with Crippen LogP contribution in [0.5, 0.6) is 5.75 Å². The van der Waals surface area contributed by atoms with E-state index in [1.807, 2.05) is 14.1 Å². The van der Waals surface area contributed by atoms with Crippen LogP contribution >= 0.6 is 0 Å². The third kappa shape index (κ3) is 5.99. The molecule has 1 aromatic heterocycles. The summed E-state index contributed by atoms with van der Waals surface area (Å²) in [4.78, 5) is 22.9. The molecule has 1 amide bonds. The lowest BCUT2D eigenvalue weighted by Gasteiger charge is -2.48. The van der Waals surface area contributed by atoms with Crippen molar-refractivity contribution >= 4 is 5.91 Å². The van der Waals surface area contributed by atoms with Crippen molar-refractivity contribution in [2.45, 2.75) is 77.4 Å². The standard InChI is InChI=1S/C29H39F3N4O2/c1-6-8-27(34(4)5)38-25-13-12-23(19(2)20(25)3)24-10-7-9-22-18-35(15-16-36(22)24)28(37)21-11-14-26(33-17-21)29(30,31)32/h11-14,17,22,24,27H,6-10,15-16,18H2,1-5H3/t22-,24+,27?/m0/s1. The molecule has 1 unspecified atom stereocenters. The number of fused-ring (bicyclic) bond motifs is 1. The molecule has 1 aromatic carbocycles. The molecule has 2 aliphatic heterocycles. The first kappa shape index (κ1) is 28.4. The van der Waals surface area contributed by atoms with Crippen LogP contribution in [0.2, 0.25) is 0 Å². The monoisotopic (exact) mass is 532 g/mol. The van der Waals surface area contributed by atoms with Gasteiger partial charge in [0.1, 0.15) is 11.4 Å². The summed E-state index contributed by atoms with van der Waals surface area (Å²) in [6.45, 7) is 8.29. The topological polar surface area (TPSA) is 48.9 Å². The Bertz CT molecular complexity index is 1120. The molecule has 3 atom stereocenters. The summed E-state index contributed by atoms with van der Waals surface area (Å²) >= 11 is 0. The number of amides is 1. The summed E-state index contributed by atoms with van der Waals surface area (Å²) in [6.07, 6.45) is 1.68. The molecule has 2 fully saturated rings. The van der Waals surface area contributed by atoms with E-state index in [1.54, 1.807) is 4.90 Å². The molecule has 0 aliphatic carbocycles. The zero-order valence-electron chi connectivity index (χ0n) is 23.0. The van der Waals surface area contributed by atoms with E-state index in [2.05, 4.69) is 47.7 Å². The molecule has 2 saturated heterocycles. The number of rotatable bonds is 7. The molecule has 0 saturated carbocycles. The van der Waals surface area contributed by atoms with Crippen molar-refractivity contribution in [3.8, 4) is 5.75 Å². The molecule has 4 rings (SSSR count). The number of carbonyl (C=O) groups is 1. The van der Waals surface area contributed by atoms with E-state index >= 15 is 0 Å². The van der Waals surface area contributed by atoms with Crippen molar-refractivity contribution in [2.75, 3.05) is 33.7 Å². The summed E-state index contributed by atoms with van der Waals surface area (Å²) < 4.78 is 45.0. The van der Waals surface area contributed by atoms with Crippen molar-refractivity contribution in [2.24, 2.45) is 0 Å². The zero-order valence-corrected chi connectivity index (χ0v) is 23.0. The van der Waals surface area contributed by atoms with Gasteiger partial charge < -0.3 is 9.64 Å². The average Bonchev–Trinajstić information content (AvgIpc) is 2.89. The Balaban J connectivity index is 1.47. The van der Waals surface area contributed by atoms with E-state index < -0.39 is 11.9 Å². The van der Waals surface area contributed by atoms with E-state index in [-0.39, 0.29) is 29.8 Å². The lowest BCUT2D eigenvalue weighted by molar-refractivity contribution is -0.141. The Morgan fingerprint density at radius 2 is 1.89 bits per heavy atom. The Kier molecular flexibility index (Phi) is 8.67. The number of alkyl halides is 3. The summed E-state index contributed by atoms with van der Waals surface area (Å²) in [6, 6.07) is 6.89. The SMILES string of the molecule is CCCC(Oc1ccc([C@H]2CCC[C@H]3CN(C(=O)c4ccc(C(F)(F)F)nc4)CCN32)c(C)c1C)N(C)C. The van der Waals surface area contributed by atoms with Gasteiger partial charge in [-0.2, -0.15) is 13.2 Å². The van der Waals surface area contributed by atoms with Gasteiger partial charge in [-0.1, -0.05) is 19.4 Å². The van der Waals surface area contributed by atoms with Crippen LogP contribution < -0.4 is 4.74 Å². The number of hydrogen-bond donors (Lipinski definition) is 0. The number of nitrogens with zero attached hydrogens (tertiary/aromatic N) is 4. The lowest BCUT2D eigenvalue weighted by atomic mass is 9.86. The second kappa shape index (κ2) is 11.6. The maximum Gasteiger partial charge on any atom is 0.433 e. The molecule has 6 nitrogen and oxygen atoms in total. The van der Waals surface area contributed by atoms with Crippen molar-refractivity contribution < 1.29 is 22.7 Å². The normalized spacial score (nSPS) is 21.3. The third-order valence-electron chi connectivity index (χ3n) is 8.04. The van der Waals surface area contributed by atoms with E-state index in [9.17, 15) is 18.0 Å². The molecule has 2 aliphatic rings. The molecular formula is C29H39F3N4O2. The van der Waals surface area contributed by atoms with Gasteiger partial charge in [0.25, 0.3) is 5.91 Å². The summed E-state index contributed by atoms with van der Waals surface area (Å²) in [5.74, 6) is 0.662. The molecule has 9 heteroatoms. The van der Waals surface area contributed by atoms with E-state index in [1.165, 1.54) is 17.2 Å². The smallest absolute Gasteiger partial charge is 0.433 e. The number of piperazine rings is 1. The fourth-order valence-corrected chi connectivity index (χ4v) is 5.76. The highest BCUT2D eigenvalue weighted by molar-refractivity contribution is 5.94. The third-order valence-corrected chi connectivity index (χ3v) is 8.04. The highest BCUT2D eigenvalue weighted by Gasteiger charge is 2.38. The molecule has 3 heterocycles. The maximum absolute atomic E-state index is 13.1. The van der Waals surface area contributed by atoms with E-state index in [0.29, 0.717) is 13.1 Å². The van der Waals surface area contributed by atoms with Gasteiger partial charge in [0.05, 0.1) is 5.56 Å². The second-order valence-corrected chi connectivity index (χ2v) is 10.7. The van der Waals surface area contributed by atoms with Crippen molar-refractivity contribution in [1.82, 2.24) is 19.7 Å². The molecule has 0 radical (unpaired) electrons. The Hall–Kier alpha value is -2.65. The number of hydrogen-bond acceptors (Lipinski definition) is 5. The van der Waals surface area contributed by atoms with Crippen LogP contribution in [0.4, 0.5) is 13.2 Å². The second-order valence-electron chi connectivity index (χ2n) is 10.7. The van der Waals surface area contributed by atoms with Gasteiger partial charge in [-0.25, -0.2) is 0 Å². The number of ether oxygens (including phenoxy) is 1. The minimum Gasteiger partial charge on any atom is -0.475 e. The van der Waals surface area contributed by atoms with Crippen molar-refractivity contribution in [1.29, 1.82) is 0 Å². The number of pyridine rings is 1. The fraction of sp³-hybridized carbons (Fsp3) is 0.586. The van der Waals surface area contributed by atoms with Gasteiger partial charge in [-0.05, 0) is 88.5 Å². The van der Waals surface area contributed by atoms with Crippen LogP contribution in [0.15, 0.2) is 30.5 Å². The Labute approximate surface area is 223 Å². The first-order chi connectivity index (χ1) is 18.0. The van der Waals surface area contributed by atoms with Gasteiger partial charge in [-0.3, -0.25) is 19.6 Å². The molecule has 38 heavy (non-hydrogen) atoms. The first-order valence-electron chi connectivity index (χ1n) is 13.5. The number of aromatic nitrogens is 1. The van der Waals surface area contributed by atoms with Gasteiger partial charge in [-0.15, -0.1) is 0 Å². The minimum atomic E-state index is -4.52. The van der Waals surface area contributed by atoms with E-state index in [4.69, 9.17) is 4.74 Å². The zero-order chi connectivity index (χ0) is 27.6. The Morgan fingerprint density at radius 3 is 2.53 bits per heavy atom. The summed E-state index contributed by atoms with van der Waals surface area (Å²) in [5.41, 5.74) is 2.93. The largest absolute Gasteiger partial charge is 0.475 e. The number of halogens is 3. The van der Waals surface area contributed by atoms with Gasteiger partial charge in [0, 0.05) is 37.9 Å². The number of carbonyl (C=O) groups excluding carboxylic acids is 1. The first-order valence-corrected chi connectivity index (χ1v) is 13.5. The van der Waals surface area contributed by atoms with Crippen LogP contribution in [0.25, 0.3) is 0 Å². The van der Waals surface area contributed by atoms with Crippen LogP contribution in [0.3, 0.4) is 0 Å². The van der Waals surface area contributed by atoms with Gasteiger partial charge in [0.15, 0.2) is 6.23 Å². The summed E-state index contributed by atoms with van der Waals surface area (Å²) in [5, 5.41) is 0. The molecule has 208 valence electrons. The molecule has 0 bridgehead atoms. The molecular weight excluding hydrogens is 493 g/mol. The number of benzene rings is 1. The highest BCUT2D eigenvalue weighted by atomic mass is 19.4. The maximum atomic E-state index is 13.1. The highest BCUT2D eigenvalue weighted by Crippen LogP contribution is 2.40. The van der Waals surface area contributed by atoms with Crippen LogP contribution in [0.1, 0.15) is 77.8 Å². The molecule has 0 N–H and O–H groups in total. The van der Waals surface area contributed by atoms with Crippen LogP contribution in [-0.4, -0.2) is 71.6 Å². The molecule has 0 spiro atoms. The predicted octanol–water partition coefficient (Wildman–Crippen LogP) is 5.84. The average molecular weight is 533 g/mol. The Morgan fingerprint density at radius 1 is 1.13 bits per heavy atom. The van der Waals surface area contributed by atoms with E-state index in [0.717, 1.165) is 62.2 Å².